The lowest BCUT2D eigenvalue weighted by Crippen LogP contribution is -2.23. The summed E-state index contributed by atoms with van der Waals surface area (Å²) in [5.41, 5.74) is 5.09. The summed E-state index contributed by atoms with van der Waals surface area (Å²) < 4.78 is 0. The Bertz CT molecular complexity index is 58.6. The number of hydrogen-bond donors (Lipinski definition) is 1. The van der Waals surface area contributed by atoms with Gasteiger partial charge in [0.15, 0.2) is 0 Å². The van der Waals surface area contributed by atoms with Gasteiger partial charge in [-0.25, -0.2) is 0 Å². The number of Topliss-reactive ketones (excluding diaryl/α,β-unsaturated/α-hetero) is 1. The molecule has 1 atom stereocenters. The predicted octanol–water partition coefficient (Wildman–Crippen LogP) is -0.0774. The van der Waals surface area contributed by atoms with E-state index in [1.807, 2.05) is 0 Å². The number of nitrogens with two attached hydrogens (primary N) is 1. The molecule has 0 aliphatic rings. The summed E-state index contributed by atoms with van der Waals surface area (Å²) in [6, 6.07) is -0.287. The van der Waals surface area contributed by atoms with Gasteiger partial charge in [-0.3, -0.25) is 4.79 Å². The lowest BCUT2D eigenvalue weighted by molar-refractivity contribution is -0.117. The second-order valence-electron chi connectivity index (χ2n) is 1.40. The second-order valence-corrected chi connectivity index (χ2v) is 1.40. The van der Waals surface area contributed by atoms with E-state index in [0.717, 1.165) is 0 Å². The maximum Gasteiger partial charge on any atom is 0.146 e. The fourth-order valence-corrected chi connectivity index (χ4v) is 0. The molecule has 2 heteroatoms. The Kier molecular flexibility index (Phi) is 1.81. The molecular formula is C4H9NO. The van der Waals surface area contributed by atoms with Crippen molar-refractivity contribution in [3.63, 3.8) is 0 Å². The highest BCUT2D eigenvalue weighted by molar-refractivity contribution is 5.80. The summed E-state index contributed by atoms with van der Waals surface area (Å²) >= 11 is 0. The highest BCUT2D eigenvalue weighted by Gasteiger charge is 1.95. The zero-order valence-corrected chi connectivity index (χ0v) is 4.06. The number of hydrogen-bond acceptors (Lipinski definition) is 2. The summed E-state index contributed by atoms with van der Waals surface area (Å²) in [6.07, 6.45) is 0. The van der Waals surface area contributed by atoms with Gasteiger partial charge in [0, 0.05) is 0 Å². The van der Waals surface area contributed by atoms with E-state index in [2.05, 4.69) is 0 Å². The first kappa shape index (κ1) is 5.63. The number of ketones is 1. The van der Waals surface area contributed by atoms with Crippen molar-refractivity contribution in [1.82, 2.24) is 0 Å². The molecule has 0 saturated carbocycles. The normalized spacial score (nSPS) is 13.8. The molecule has 6 heavy (non-hydrogen) atoms. The molecule has 0 saturated heterocycles. The van der Waals surface area contributed by atoms with Gasteiger partial charge in [-0.15, -0.1) is 0 Å². The average molecular weight is 87.1 g/mol. The van der Waals surface area contributed by atoms with Crippen LogP contribution in [0.3, 0.4) is 0 Å². The van der Waals surface area contributed by atoms with Gasteiger partial charge >= 0.3 is 0 Å². The first-order valence-electron chi connectivity index (χ1n) is 1.90. The van der Waals surface area contributed by atoms with Crippen molar-refractivity contribution in [3.05, 3.63) is 0 Å². The van der Waals surface area contributed by atoms with E-state index in [-0.39, 0.29) is 11.8 Å². The van der Waals surface area contributed by atoms with Crippen molar-refractivity contribution < 1.29 is 4.79 Å². The van der Waals surface area contributed by atoms with E-state index in [1.165, 1.54) is 6.92 Å². The SMILES string of the molecule is CC(=O)C(C)N. The van der Waals surface area contributed by atoms with Gasteiger partial charge in [0.1, 0.15) is 5.78 Å². The molecule has 1 unspecified atom stereocenters. The van der Waals surface area contributed by atoms with E-state index < -0.39 is 0 Å². The smallest absolute Gasteiger partial charge is 0.146 e. The van der Waals surface area contributed by atoms with Gasteiger partial charge < -0.3 is 5.73 Å². The summed E-state index contributed by atoms with van der Waals surface area (Å²) in [6.45, 7) is 3.15. The topological polar surface area (TPSA) is 43.1 Å². The third kappa shape index (κ3) is 1.91. The summed E-state index contributed by atoms with van der Waals surface area (Å²) in [4.78, 5) is 10.0. The lowest BCUT2D eigenvalue weighted by atomic mass is 10.3. The van der Waals surface area contributed by atoms with Gasteiger partial charge in [0.2, 0.25) is 0 Å². The van der Waals surface area contributed by atoms with Crippen molar-refractivity contribution >= 4 is 5.78 Å². The van der Waals surface area contributed by atoms with Crippen molar-refractivity contribution in [2.45, 2.75) is 19.9 Å². The second kappa shape index (κ2) is 1.92. The molecule has 0 bridgehead atoms. The largest absolute Gasteiger partial charge is 0.322 e. The van der Waals surface area contributed by atoms with Gasteiger partial charge in [0.05, 0.1) is 6.04 Å². The monoisotopic (exact) mass is 87.1 g/mol. The van der Waals surface area contributed by atoms with E-state index in [4.69, 9.17) is 5.73 Å². The van der Waals surface area contributed by atoms with E-state index in [9.17, 15) is 4.79 Å². The molecule has 0 amide bonds. The van der Waals surface area contributed by atoms with E-state index >= 15 is 0 Å². The molecule has 0 heterocycles. The van der Waals surface area contributed by atoms with Crippen LogP contribution < -0.4 is 5.73 Å². The van der Waals surface area contributed by atoms with Crippen LogP contribution in [0.1, 0.15) is 13.8 Å². The van der Waals surface area contributed by atoms with Crippen molar-refractivity contribution in [1.29, 1.82) is 0 Å². The van der Waals surface area contributed by atoms with Crippen LogP contribution in [-0.4, -0.2) is 11.8 Å². The zero-order valence-electron chi connectivity index (χ0n) is 4.06. The predicted molar refractivity (Wildman–Crippen MR) is 24.3 cm³/mol. The van der Waals surface area contributed by atoms with Crippen LogP contribution in [0, 0.1) is 0 Å². The first-order valence-corrected chi connectivity index (χ1v) is 1.90. The van der Waals surface area contributed by atoms with Crippen molar-refractivity contribution in [2.75, 3.05) is 0 Å². The molecule has 0 aromatic heterocycles. The van der Waals surface area contributed by atoms with E-state index in [1.54, 1.807) is 6.92 Å². The van der Waals surface area contributed by atoms with Gasteiger partial charge in [-0.05, 0) is 13.8 Å². The maximum atomic E-state index is 10.0. The molecule has 0 fully saturated rings. The molecule has 0 aromatic rings. The fourth-order valence-electron chi connectivity index (χ4n) is 0. The van der Waals surface area contributed by atoms with Crippen LogP contribution in [0.25, 0.3) is 0 Å². The molecule has 36 valence electrons. The fraction of sp³-hybridized carbons (Fsp3) is 0.750. The van der Waals surface area contributed by atoms with Crippen molar-refractivity contribution in [2.24, 2.45) is 5.73 Å². The van der Waals surface area contributed by atoms with Crippen LogP contribution in [0.4, 0.5) is 0 Å². The molecule has 0 rings (SSSR count). The number of rotatable bonds is 1. The maximum absolute atomic E-state index is 10.0. The summed E-state index contributed by atoms with van der Waals surface area (Å²) in [7, 11) is 0. The minimum absolute atomic E-state index is 0.0370. The van der Waals surface area contributed by atoms with Crippen molar-refractivity contribution in [3.8, 4) is 0 Å². The van der Waals surface area contributed by atoms with Crippen LogP contribution in [0.15, 0.2) is 0 Å². The Morgan fingerprint density at radius 3 is 2.00 bits per heavy atom. The molecule has 0 aliphatic heterocycles. The molecule has 0 aliphatic carbocycles. The standard InChI is InChI=1S/C4H9NO/c1-3(5)4(2)6/h3H,5H2,1-2H3. The minimum atomic E-state index is -0.287. The number of carbonyl (C=O) groups is 1. The van der Waals surface area contributed by atoms with Crippen LogP contribution >= 0.6 is 0 Å². The van der Waals surface area contributed by atoms with Crippen LogP contribution in [0.2, 0.25) is 0 Å². The minimum Gasteiger partial charge on any atom is -0.322 e. The quantitative estimate of drug-likeness (QED) is 0.486. The Balaban J connectivity index is 3.26. The molecule has 0 aromatic carbocycles. The molecule has 0 radical (unpaired) electrons. The summed E-state index contributed by atoms with van der Waals surface area (Å²) in [5.74, 6) is 0.0370. The van der Waals surface area contributed by atoms with Gasteiger partial charge in [-0.1, -0.05) is 0 Å². The first-order chi connectivity index (χ1) is 2.64. The molecule has 2 nitrogen and oxygen atoms in total. The molecule has 2 N–H and O–H groups in total. The Morgan fingerprint density at radius 1 is 1.83 bits per heavy atom. The Hall–Kier alpha value is -0.370. The lowest BCUT2D eigenvalue weighted by Gasteiger charge is -1.91. The highest BCUT2D eigenvalue weighted by atomic mass is 16.1. The zero-order chi connectivity index (χ0) is 5.15. The number of carbonyl (C=O) groups excluding carboxylic acids is 1. The third-order valence-corrected chi connectivity index (χ3v) is 0.641. The highest BCUT2D eigenvalue weighted by Crippen LogP contribution is 1.72. The van der Waals surface area contributed by atoms with E-state index in [0.29, 0.717) is 0 Å². The Morgan fingerprint density at radius 2 is 2.00 bits per heavy atom. The molecule has 0 spiro atoms. The average Bonchev–Trinajstić information content (AvgIpc) is 1.36. The van der Waals surface area contributed by atoms with Gasteiger partial charge in [-0.2, -0.15) is 0 Å². The Labute approximate surface area is 37.3 Å². The third-order valence-electron chi connectivity index (χ3n) is 0.641. The van der Waals surface area contributed by atoms with Gasteiger partial charge in [0.25, 0.3) is 0 Å². The summed E-state index contributed by atoms with van der Waals surface area (Å²) in [5, 5.41) is 0. The molecular weight excluding hydrogens is 78.0 g/mol. The van der Waals surface area contributed by atoms with Crippen LogP contribution in [0.5, 0.6) is 0 Å². The van der Waals surface area contributed by atoms with Crippen LogP contribution in [-0.2, 0) is 4.79 Å².